The topological polar surface area (TPSA) is 41.1 Å². The summed E-state index contributed by atoms with van der Waals surface area (Å²) in [6.45, 7) is 1.70. The van der Waals surface area contributed by atoms with Gasteiger partial charge in [-0.3, -0.25) is 4.79 Å². The molecule has 3 aromatic rings. The molecule has 2 aliphatic rings. The van der Waals surface area contributed by atoms with Crippen molar-refractivity contribution in [1.29, 1.82) is 0 Å². The van der Waals surface area contributed by atoms with Crippen LogP contribution in [0.25, 0.3) is 22.3 Å². The first-order valence-corrected chi connectivity index (χ1v) is 9.55. The maximum atomic E-state index is 12.8. The number of carbonyl (C=O) groups is 1. The Balaban J connectivity index is 1.56. The van der Waals surface area contributed by atoms with Gasteiger partial charge in [-0.1, -0.05) is 66.7 Å². The van der Waals surface area contributed by atoms with E-state index in [-0.39, 0.29) is 11.3 Å². The van der Waals surface area contributed by atoms with E-state index in [0.717, 1.165) is 37.2 Å². The first kappa shape index (κ1) is 16.3. The number of anilines is 1. The standard InChI is InChI=1S/C24H22N2O/c27-23-24(12-13-25-16-24)15-19-11-10-18(14-22(19)26-23)21-9-5-4-8-20(21)17-6-2-1-3-7-17/h1-11,14,25H,12-13,15-16H2,(H,26,27). The maximum Gasteiger partial charge on any atom is 0.232 e. The molecule has 0 aliphatic carbocycles. The molecule has 1 unspecified atom stereocenters. The minimum absolute atomic E-state index is 0.161. The lowest BCUT2D eigenvalue weighted by Crippen LogP contribution is -2.43. The molecule has 0 bridgehead atoms. The second-order valence-corrected chi connectivity index (χ2v) is 7.62. The molecule has 3 heteroatoms. The highest BCUT2D eigenvalue weighted by atomic mass is 16.2. The number of hydrogen-bond acceptors (Lipinski definition) is 2. The van der Waals surface area contributed by atoms with E-state index in [1.54, 1.807) is 0 Å². The minimum Gasteiger partial charge on any atom is -0.325 e. The number of nitrogens with one attached hydrogen (secondary N) is 2. The fourth-order valence-corrected chi connectivity index (χ4v) is 4.41. The van der Waals surface area contributed by atoms with Gasteiger partial charge in [0.15, 0.2) is 0 Å². The summed E-state index contributed by atoms with van der Waals surface area (Å²) in [4.78, 5) is 12.8. The second kappa shape index (κ2) is 6.36. The molecule has 3 aromatic carbocycles. The zero-order valence-corrected chi connectivity index (χ0v) is 15.2. The molecule has 1 atom stereocenters. The van der Waals surface area contributed by atoms with Gasteiger partial charge < -0.3 is 10.6 Å². The third-order valence-electron chi connectivity index (χ3n) is 5.94. The van der Waals surface area contributed by atoms with E-state index in [0.29, 0.717) is 0 Å². The van der Waals surface area contributed by atoms with Crippen molar-refractivity contribution in [2.45, 2.75) is 12.8 Å². The average Bonchev–Trinajstić information content (AvgIpc) is 3.19. The molecule has 2 N–H and O–H groups in total. The Kier molecular flexibility index (Phi) is 3.83. The van der Waals surface area contributed by atoms with Gasteiger partial charge in [-0.05, 0) is 53.3 Å². The highest BCUT2D eigenvalue weighted by Gasteiger charge is 2.44. The first-order valence-electron chi connectivity index (χ1n) is 9.55. The van der Waals surface area contributed by atoms with E-state index in [1.165, 1.54) is 22.3 Å². The quantitative estimate of drug-likeness (QED) is 0.712. The lowest BCUT2D eigenvalue weighted by atomic mass is 9.76. The van der Waals surface area contributed by atoms with Crippen molar-refractivity contribution >= 4 is 11.6 Å². The number of hydrogen-bond donors (Lipinski definition) is 2. The summed E-state index contributed by atoms with van der Waals surface area (Å²) in [5.74, 6) is 0.161. The molecule has 2 aliphatic heterocycles. The van der Waals surface area contributed by atoms with Crippen molar-refractivity contribution in [3.63, 3.8) is 0 Å². The molecule has 1 saturated heterocycles. The molecule has 1 amide bonds. The Bertz CT molecular complexity index is 1000. The highest BCUT2D eigenvalue weighted by molar-refractivity contribution is 6.00. The first-order chi connectivity index (χ1) is 13.3. The third kappa shape index (κ3) is 2.75. The van der Waals surface area contributed by atoms with E-state index < -0.39 is 0 Å². The lowest BCUT2D eigenvalue weighted by Gasteiger charge is -2.33. The summed E-state index contributed by atoms with van der Waals surface area (Å²) >= 11 is 0. The Morgan fingerprint density at radius 3 is 2.30 bits per heavy atom. The van der Waals surface area contributed by atoms with Crippen molar-refractivity contribution in [3.8, 4) is 22.3 Å². The van der Waals surface area contributed by atoms with Crippen LogP contribution in [0.1, 0.15) is 12.0 Å². The van der Waals surface area contributed by atoms with Crippen LogP contribution in [0.3, 0.4) is 0 Å². The molecular weight excluding hydrogens is 332 g/mol. The Morgan fingerprint density at radius 1 is 0.815 bits per heavy atom. The van der Waals surface area contributed by atoms with Gasteiger partial charge in [0.1, 0.15) is 0 Å². The van der Waals surface area contributed by atoms with Gasteiger partial charge in [0.25, 0.3) is 0 Å². The number of fused-ring (bicyclic) bond motifs is 1. The molecule has 27 heavy (non-hydrogen) atoms. The smallest absolute Gasteiger partial charge is 0.232 e. The third-order valence-corrected chi connectivity index (χ3v) is 5.94. The van der Waals surface area contributed by atoms with Crippen LogP contribution in [0.2, 0.25) is 0 Å². The predicted molar refractivity (Wildman–Crippen MR) is 110 cm³/mol. The molecule has 3 nitrogen and oxygen atoms in total. The lowest BCUT2D eigenvalue weighted by molar-refractivity contribution is -0.125. The van der Waals surface area contributed by atoms with E-state index in [2.05, 4.69) is 77.4 Å². The van der Waals surface area contributed by atoms with Gasteiger partial charge in [-0.25, -0.2) is 0 Å². The molecule has 5 rings (SSSR count). The predicted octanol–water partition coefficient (Wildman–Crippen LogP) is 4.49. The van der Waals surface area contributed by atoms with E-state index in [1.807, 2.05) is 6.07 Å². The fraction of sp³-hybridized carbons (Fsp3) is 0.208. The number of carbonyl (C=O) groups excluding carboxylic acids is 1. The number of amides is 1. The van der Waals surface area contributed by atoms with E-state index in [4.69, 9.17) is 0 Å². The zero-order chi connectivity index (χ0) is 18.3. The van der Waals surface area contributed by atoms with Crippen LogP contribution in [0, 0.1) is 5.41 Å². The average molecular weight is 354 g/mol. The SMILES string of the molecule is O=C1Nc2cc(-c3ccccc3-c3ccccc3)ccc2CC12CCNC2. The van der Waals surface area contributed by atoms with Crippen LogP contribution in [0.4, 0.5) is 5.69 Å². The van der Waals surface area contributed by atoms with Gasteiger partial charge in [0.2, 0.25) is 5.91 Å². The summed E-state index contributed by atoms with van der Waals surface area (Å²) in [5.41, 5.74) is 6.65. The van der Waals surface area contributed by atoms with Gasteiger partial charge in [0.05, 0.1) is 5.41 Å². The molecule has 1 spiro atoms. The van der Waals surface area contributed by atoms with Gasteiger partial charge in [-0.15, -0.1) is 0 Å². The van der Waals surface area contributed by atoms with Crippen molar-refractivity contribution in [3.05, 3.63) is 78.4 Å². The molecule has 0 saturated carbocycles. The minimum atomic E-state index is -0.267. The molecule has 2 heterocycles. The molecule has 0 aromatic heterocycles. The highest BCUT2D eigenvalue weighted by Crippen LogP contribution is 2.40. The van der Waals surface area contributed by atoms with Crippen molar-refractivity contribution in [1.82, 2.24) is 5.32 Å². The van der Waals surface area contributed by atoms with Crippen molar-refractivity contribution in [2.24, 2.45) is 5.41 Å². The second-order valence-electron chi connectivity index (χ2n) is 7.62. The van der Waals surface area contributed by atoms with Gasteiger partial charge >= 0.3 is 0 Å². The number of benzene rings is 3. The van der Waals surface area contributed by atoms with Crippen molar-refractivity contribution in [2.75, 3.05) is 18.4 Å². The summed E-state index contributed by atoms with van der Waals surface area (Å²) in [6, 6.07) is 25.4. The summed E-state index contributed by atoms with van der Waals surface area (Å²) in [7, 11) is 0. The zero-order valence-electron chi connectivity index (χ0n) is 15.2. The largest absolute Gasteiger partial charge is 0.325 e. The Labute approximate surface area is 159 Å². The van der Waals surface area contributed by atoms with Crippen LogP contribution in [-0.2, 0) is 11.2 Å². The van der Waals surface area contributed by atoms with Crippen LogP contribution < -0.4 is 10.6 Å². The Hall–Kier alpha value is -2.91. The Morgan fingerprint density at radius 2 is 1.56 bits per heavy atom. The van der Waals surface area contributed by atoms with Crippen LogP contribution >= 0.6 is 0 Å². The van der Waals surface area contributed by atoms with Crippen LogP contribution in [-0.4, -0.2) is 19.0 Å². The molecular formula is C24H22N2O. The van der Waals surface area contributed by atoms with Crippen molar-refractivity contribution < 1.29 is 4.79 Å². The number of rotatable bonds is 2. The summed E-state index contributed by atoms with van der Waals surface area (Å²) < 4.78 is 0. The van der Waals surface area contributed by atoms with Crippen LogP contribution in [0.5, 0.6) is 0 Å². The fourth-order valence-electron chi connectivity index (χ4n) is 4.41. The molecule has 134 valence electrons. The van der Waals surface area contributed by atoms with Gasteiger partial charge in [0, 0.05) is 12.2 Å². The molecule has 0 radical (unpaired) electrons. The van der Waals surface area contributed by atoms with E-state index in [9.17, 15) is 4.79 Å². The van der Waals surface area contributed by atoms with Gasteiger partial charge in [-0.2, -0.15) is 0 Å². The molecule has 1 fully saturated rings. The summed E-state index contributed by atoms with van der Waals surface area (Å²) in [5, 5.41) is 6.53. The maximum absolute atomic E-state index is 12.8. The van der Waals surface area contributed by atoms with E-state index >= 15 is 0 Å². The monoisotopic (exact) mass is 354 g/mol. The normalized spacial score (nSPS) is 21.1. The van der Waals surface area contributed by atoms with Crippen LogP contribution in [0.15, 0.2) is 72.8 Å². The summed E-state index contributed by atoms with van der Waals surface area (Å²) in [6.07, 6.45) is 1.73.